The SMILES string of the molecule is COc1ccc2c(c1)OC1(O)COc3cc(OC)c(OC)cc3C1=C2.Cl.ClCCN(CCCl)CCCl. The summed E-state index contributed by atoms with van der Waals surface area (Å²) in [5, 5.41) is 11.0. The molecule has 0 aliphatic carbocycles. The highest BCUT2D eigenvalue weighted by molar-refractivity contribution is 6.18. The molecule has 2 aliphatic heterocycles. The summed E-state index contributed by atoms with van der Waals surface area (Å²) >= 11 is 16.6. The molecule has 0 radical (unpaired) electrons. The van der Waals surface area contributed by atoms with E-state index in [0.29, 0.717) is 57.5 Å². The topological polar surface area (TPSA) is 69.6 Å². The standard InChI is InChI=1S/C19H18O6.C6H12Cl3N.ClH/c1-21-12-5-4-11-6-14-13-8-17(22-2)18(23-3)9-16(13)24-10-19(14,20)25-15(11)7-12;7-1-4-10(5-2-8)6-3-9;/h4-9,20H,10H2,1-3H3;1-6H2;1H. The number of alkyl halides is 3. The zero-order valence-corrected chi connectivity index (χ0v) is 23.5. The molecule has 0 saturated carbocycles. The lowest BCUT2D eigenvalue weighted by molar-refractivity contribution is -0.116. The molecule has 0 aromatic heterocycles. The predicted molar refractivity (Wildman–Crippen MR) is 147 cm³/mol. The second-order valence-corrected chi connectivity index (χ2v) is 8.88. The van der Waals surface area contributed by atoms with Gasteiger partial charge in [0.2, 0.25) is 0 Å². The van der Waals surface area contributed by atoms with Crippen LogP contribution in [0.15, 0.2) is 30.3 Å². The number of methoxy groups -OCH3 is 3. The van der Waals surface area contributed by atoms with E-state index in [1.165, 1.54) is 0 Å². The molecule has 0 fully saturated rings. The van der Waals surface area contributed by atoms with Crippen molar-refractivity contribution in [2.24, 2.45) is 0 Å². The molecule has 2 aromatic carbocycles. The van der Waals surface area contributed by atoms with E-state index in [-0.39, 0.29) is 19.0 Å². The van der Waals surface area contributed by atoms with Crippen molar-refractivity contribution in [3.63, 3.8) is 0 Å². The van der Waals surface area contributed by atoms with Crippen LogP contribution in [0.1, 0.15) is 11.1 Å². The average Bonchev–Trinajstić information content (AvgIpc) is 2.87. The molecule has 0 amide bonds. The molecule has 0 bridgehead atoms. The van der Waals surface area contributed by atoms with E-state index in [1.807, 2.05) is 18.2 Å². The third kappa shape index (κ3) is 6.97. The zero-order chi connectivity index (χ0) is 25.4. The molecule has 0 saturated heterocycles. The second kappa shape index (κ2) is 14.3. The third-order valence-electron chi connectivity index (χ3n) is 5.62. The molecule has 11 heteroatoms. The van der Waals surface area contributed by atoms with Gasteiger partial charge in [0, 0.05) is 66.1 Å². The second-order valence-electron chi connectivity index (χ2n) is 7.75. The van der Waals surface area contributed by atoms with E-state index in [1.54, 1.807) is 39.5 Å². The van der Waals surface area contributed by atoms with Gasteiger partial charge in [0.05, 0.1) is 21.3 Å². The number of rotatable bonds is 9. The summed E-state index contributed by atoms with van der Waals surface area (Å²) in [7, 11) is 4.71. The Morgan fingerprint density at radius 1 is 0.889 bits per heavy atom. The first kappa shape index (κ1) is 30.5. The molecule has 36 heavy (non-hydrogen) atoms. The average molecular weight is 583 g/mol. The maximum atomic E-state index is 11.0. The van der Waals surface area contributed by atoms with Crippen molar-refractivity contribution in [3.05, 3.63) is 41.5 Å². The van der Waals surface area contributed by atoms with Crippen LogP contribution in [-0.4, -0.2) is 81.0 Å². The summed E-state index contributed by atoms with van der Waals surface area (Å²) in [6, 6.07) is 9.00. The van der Waals surface area contributed by atoms with Gasteiger partial charge in [-0.05, 0) is 24.3 Å². The summed E-state index contributed by atoms with van der Waals surface area (Å²) in [4.78, 5) is 2.15. The summed E-state index contributed by atoms with van der Waals surface area (Å²) in [5.41, 5.74) is 2.17. The van der Waals surface area contributed by atoms with Gasteiger partial charge in [-0.1, -0.05) is 0 Å². The molecule has 2 aromatic rings. The highest BCUT2D eigenvalue weighted by Gasteiger charge is 2.44. The fraction of sp³-hybridized carbons (Fsp3) is 0.440. The van der Waals surface area contributed by atoms with E-state index >= 15 is 0 Å². The first-order valence-corrected chi connectivity index (χ1v) is 12.6. The number of ether oxygens (including phenoxy) is 5. The highest BCUT2D eigenvalue weighted by Crippen LogP contribution is 2.49. The first-order valence-electron chi connectivity index (χ1n) is 11.0. The van der Waals surface area contributed by atoms with Crippen LogP contribution in [0.25, 0.3) is 11.6 Å². The number of aliphatic hydroxyl groups is 1. The number of benzene rings is 2. The van der Waals surface area contributed by atoms with Gasteiger partial charge in [-0.3, -0.25) is 4.90 Å². The number of fused-ring (bicyclic) bond motifs is 4. The van der Waals surface area contributed by atoms with Crippen molar-refractivity contribution in [1.82, 2.24) is 4.90 Å². The van der Waals surface area contributed by atoms with E-state index in [2.05, 4.69) is 4.90 Å². The van der Waals surface area contributed by atoms with Gasteiger partial charge in [-0.25, -0.2) is 0 Å². The first-order chi connectivity index (χ1) is 16.9. The Morgan fingerprint density at radius 3 is 2.06 bits per heavy atom. The highest BCUT2D eigenvalue weighted by atomic mass is 35.5. The van der Waals surface area contributed by atoms with Crippen LogP contribution in [-0.2, 0) is 0 Å². The van der Waals surface area contributed by atoms with Gasteiger partial charge in [0.25, 0.3) is 5.79 Å². The van der Waals surface area contributed by atoms with Crippen molar-refractivity contribution in [2.75, 3.05) is 65.2 Å². The number of hydrogen-bond donors (Lipinski definition) is 1. The molecular formula is C25H31Cl4NO6. The van der Waals surface area contributed by atoms with Crippen LogP contribution >= 0.6 is 47.2 Å². The van der Waals surface area contributed by atoms with Gasteiger partial charge < -0.3 is 28.8 Å². The molecule has 2 aliphatic rings. The smallest absolute Gasteiger partial charge is 0.270 e. The van der Waals surface area contributed by atoms with Crippen molar-refractivity contribution in [1.29, 1.82) is 0 Å². The number of halogens is 4. The van der Waals surface area contributed by atoms with E-state index in [9.17, 15) is 5.11 Å². The predicted octanol–water partition coefficient (Wildman–Crippen LogP) is 5.15. The Balaban J connectivity index is 0.000000357. The van der Waals surface area contributed by atoms with Crippen LogP contribution in [0.5, 0.6) is 28.7 Å². The van der Waals surface area contributed by atoms with Crippen molar-refractivity contribution in [3.8, 4) is 28.7 Å². The van der Waals surface area contributed by atoms with Gasteiger partial charge in [0.15, 0.2) is 18.1 Å². The Bertz CT molecular complexity index is 1020. The lowest BCUT2D eigenvalue weighted by atomic mass is 9.90. The van der Waals surface area contributed by atoms with Crippen molar-refractivity contribution < 1.29 is 28.8 Å². The number of hydrogen-bond acceptors (Lipinski definition) is 7. The van der Waals surface area contributed by atoms with E-state index in [4.69, 9.17) is 58.5 Å². The lowest BCUT2D eigenvalue weighted by Gasteiger charge is -2.39. The Labute approximate surface area is 233 Å². The summed E-state index contributed by atoms with van der Waals surface area (Å²) in [6.07, 6.45) is 1.89. The summed E-state index contributed by atoms with van der Waals surface area (Å²) < 4.78 is 27.5. The minimum Gasteiger partial charge on any atom is -0.497 e. The largest absolute Gasteiger partial charge is 0.497 e. The fourth-order valence-corrected chi connectivity index (χ4v) is 4.53. The van der Waals surface area contributed by atoms with Crippen molar-refractivity contribution in [2.45, 2.75) is 5.79 Å². The lowest BCUT2D eigenvalue weighted by Crippen LogP contribution is -2.47. The molecule has 2 heterocycles. The summed E-state index contributed by atoms with van der Waals surface area (Å²) in [6.45, 7) is 2.60. The van der Waals surface area contributed by atoms with Crippen LogP contribution in [0.3, 0.4) is 0 Å². The molecule has 1 unspecified atom stereocenters. The maximum Gasteiger partial charge on any atom is 0.270 e. The Morgan fingerprint density at radius 2 is 1.50 bits per heavy atom. The number of nitrogens with zero attached hydrogens (tertiary/aromatic N) is 1. The van der Waals surface area contributed by atoms with Gasteiger partial charge in [-0.15, -0.1) is 47.2 Å². The summed E-state index contributed by atoms with van der Waals surface area (Å²) in [5.74, 6) is 3.28. The monoisotopic (exact) mass is 581 g/mol. The van der Waals surface area contributed by atoms with E-state index < -0.39 is 5.79 Å². The molecule has 0 spiro atoms. The minimum absolute atomic E-state index is 0. The zero-order valence-electron chi connectivity index (χ0n) is 20.4. The Hall–Kier alpha value is -1.74. The maximum absolute atomic E-state index is 11.0. The van der Waals surface area contributed by atoms with Crippen LogP contribution in [0, 0.1) is 0 Å². The van der Waals surface area contributed by atoms with Crippen LogP contribution < -0.4 is 23.7 Å². The quantitative estimate of drug-likeness (QED) is 0.410. The van der Waals surface area contributed by atoms with Crippen LogP contribution in [0.4, 0.5) is 0 Å². The molecule has 4 rings (SSSR count). The molecule has 1 atom stereocenters. The third-order valence-corrected chi connectivity index (χ3v) is 6.13. The van der Waals surface area contributed by atoms with Gasteiger partial charge >= 0.3 is 0 Å². The van der Waals surface area contributed by atoms with Gasteiger partial charge in [0.1, 0.15) is 17.2 Å². The van der Waals surface area contributed by atoms with Crippen LogP contribution in [0.2, 0.25) is 0 Å². The normalized spacial score (nSPS) is 16.9. The minimum atomic E-state index is -1.58. The molecule has 200 valence electrons. The van der Waals surface area contributed by atoms with Gasteiger partial charge in [-0.2, -0.15) is 0 Å². The molecular weight excluding hydrogens is 552 g/mol. The van der Waals surface area contributed by atoms with E-state index in [0.717, 1.165) is 25.2 Å². The molecule has 1 N–H and O–H groups in total. The molecule has 7 nitrogen and oxygen atoms in total. The Kier molecular flexibility index (Phi) is 12.1. The fourth-order valence-electron chi connectivity index (χ4n) is 3.81. The van der Waals surface area contributed by atoms with Crippen molar-refractivity contribution >= 4 is 58.9 Å².